The van der Waals surface area contributed by atoms with Crippen molar-refractivity contribution in [3.63, 3.8) is 0 Å². The van der Waals surface area contributed by atoms with Crippen LogP contribution in [-0.4, -0.2) is 28.9 Å². The number of hydrogen-bond donors (Lipinski definition) is 1. The van der Waals surface area contributed by atoms with Crippen molar-refractivity contribution in [2.75, 3.05) is 18.4 Å². The van der Waals surface area contributed by atoms with Crippen LogP contribution in [0.3, 0.4) is 0 Å². The van der Waals surface area contributed by atoms with Gasteiger partial charge in [-0.05, 0) is 47.7 Å². The molecule has 1 aliphatic rings. The Bertz CT molecular complexity index is 577. The second kappa shape index (κ2) is 6.43. The van der Waals surface area contributed by atoms with Gasteiger partial charge in [0.25, 0.3) is 5.69 Å². The molecule has 1 heterocycles. The van der Waals surface area contributed by atoms with Crippen molar-refractivity contribution in [2.45, 2.75) is 26.7 Å². The SMILES string of the molecule is Cc1cc(Br)c(NC(=O)N2CCCC(C)C2)cc1[N+](=O)[O-]. The summed E-state index contributed by atoms with van der Waals surface area (Å²) >= 11 is 3.34. The van der Waals surface area contributed by atoms with Crippen LogP contribution in [0.15, 0.2) is 16.6 Å². The molecular weight excluding hydrogens is 338 g/mol. The third-order valence-corrected chi connectivity index (χ3v) is 4.32. The first-order valence-electron chi connectivity index (χ1n) is 6.89. The number of carbonyl (C=O) groups is 1. The van der Waals surface area contributed by atoms with Crippen LogP contribution < -0.4 is 5.32 Å². The molecular formula is C14H18BrN3O3. The highest BCUT2D eigenvalue weighted by Gasteiger charge is 2.22. The predicted octanol–water partition coefficient (Wildman–Crippen LogP) is 3.93. The number of nitro groups is 1. The number of carbonyl (C=O) groups excluding carboxylic acids is 1. The summed E-state index contributed by atoms with van der Waals surface area (Å²) in [6, 6.07) is 2.83. The lowest BCUT2D eigenvalue weighted by Gasteiger charge is -2.31. The van der Waals surface area contributed by atoms with Gasteiger partial charge in [-0.25, -0.2) is 4.79 Å². The molecule has 0 aromatic heterocycles. The van der Waals surface area contributed by atoms with E-state index in [0.29, 0.717) is 21.6 Å². The Hall–Kier alpha value is -1.63. The van der Waals surface area contributed by atoms with Crippen molar-refractivity contribution in [3.05, 3.63) is 32.3 Å². The van der Waals surface area contributed by atoms with Crippen LogP contribution in [0.1, 0.15) is 25.3 Å². The van der Waals surface area contributed by atoms with Crippen LogP contribution in [0.25, 0.3) is 0 Å². The maximum atomic E-state index is 12.3. The van der Waals surface area contributed by atoms with Crippen molar-refractivity contribution in [2.24, 2.45) is 5.92 Å². The Morgan fingerprint density at radius 2 is 2.24 bits per heavy atom. The molecule has 1 aliphatic heterocycles. The quantitative estimate of drug-likeness (QED) is 0.644. The van der Waals surface area contributed by atoms with E-state index in [1.807, 2.05) is 0 Å². The van der Waals surface area contributed by atoms with Crippen molar-refractivity contribution < 1.29 is 9.72 Å². The number of anilines is 1. The minimum atomic E-state index is -0.444. The smallest absolute Gasteiger partial charge is 0.321 e. The highest BCUT2D eigenvalue weighted by atomic mass is 79.9. The fourth-order valence-corrected chi connectivity index (χ4v) is 3.08. The summed E-state index contributed by atoms with van der Waals surface area (Å²) in [5, 5.41) is 13.7. The van der Waals surface area contributed by atoms with E-state index < -0.39 is 4.92 Å². The zero-order chi connectivity index (χ0) is 15.6. The molecule has 0 saturated carbocycles. The third-order valence-electron chi connectivity index (χ3n) is 3.67. The van der Waals surface area contributed by atoms with Gasteiger partial charge in [0.05, 0.1) is 10.6 Å². The number of halogens is 1. The van der Waals surface area contributed by atoms with Crippen molar-refractivity contribution in [1.82, 2.24) is 4.90 Å². The molecule has 2 rings (SSSR count). The first-order chi connectivity index (χ1) is 9.88. The summed E-state index contributed by atoms with van der Waals surface area (Å²) in [5.74, 6) is 0.486. The molecule has 1 unspecified atom stereocenters. The van der Waals surface area contributed by atoms with Crippen LogP contribution in [0.4, 0.5) is 16.2 Å². The summed E-state index contributed by atoms with van der Waals surface area (Å²) in [7, 11) is 0. The maximum Gasteiger partial charge on any atom is 0.321 e. The largest absolute Gasteiger partial charge is 0.324 e. The molecule has 6 nitrogen and oxygen atoms in total. The lowest BCUT2D eigenvalue weighted by Crippen LogP contribution is -2.41. The van der Waals surface area contributed by atoms with E-state index in [1.54, 1.807) is 17.9 Å². The molecule has 1 fully saturated rings. The standard InChI is InChI=1S/C14H18BrN3O3/c1-9-4-3-5-17(8-9)14(19)16-12-7-13(18(20)21)10(2)6-11(12)15/h6-7,9H,3-5,8H2,1-2H3,(H,16,19). The summed E-state index contributed by atoms with van der Waals surface area (Å²) in [6.07, 6.45) is 2.12. The normalized spacial score (nSPS) is 18.4. The number of nitrogens with one attached hydrogen (secondary N) is 1. The molecule has 0 spiro atoms. The van der Waals surface area contributed by atoms with Gasteiger partial charge in [-0.3, -0.25) is 10.1 Å². The van der Waals surface area contributed by atoms with Crippen LogP contribution in [-0.2, 0) is 0 Å². The number of nitro benzene ring substituents is 1. The Morgan fingerprint density at radius 3 is 2.86 bits per heavy atom. The van der Waals surface area contributed by atoms with Crippen LogP contribution in [0.2, 0.25) is 0 Å². The molecule has 1 aromatic rings. The van der Waals surface area contributed by atoms with Crippen LogP contribution in [0, 0.1) is 23.0 Å². The predicted molar refractivity (Wildman–Crippen MR) is 84.5 cm³/mol. The summed E-state index contributed by atoms with van der Waals surface area (Å²) in [5.41, 5.74) is 0.979. The van der Waals surface area contributed by atoms with E-state index >= 15 is 0 Å². The minimum Gasteiger partial charge on any atom is -0.324 e. The van der Waals surface area contributed by atoms with Crippen molar-refractivity contribution in [3.8, 4) is 0 Å². The molecule has 1 saturated heterocycles. The average molecular weight is 356 g/mol. The number of rotatable bonds is 2. The number of hydrogen-bond acceptors (Lipinski definition) is 3. The maximum absolute atomic E-state index is 12.3. The first kappa shape index (κ1) is 15.8. The number of benzene rings is 1. The molecule has 1 atom stereocenters. The fourth-order valence-electron chi connectivity index (χ4n) is 2.52. The first-order valence-corrected chi connectivity index (χ1v) is 7.68. The zero-order valence-electron chi connectivity index (χ0n) is 12.1. The van der Waals surface area contributed by atoms with E-state index in [1.165, 1.54) is 6.07 Å². The molecule has 21 heavy (non-hydrogen) atoms. The van der Waals surface area contributed by atoms with Gasteiger partial charge >= 0.3 is 6.03 Å². The minimum absolute atomic E-state index is 0.000474. The average Bonchev–Trinajstić information content (AvgIpc) is 2.41. The molecule has 1 N–H and O–H groups in total. The second-order valence-electron chi connectivity index (χ2n) is 5.50. The van der Waals surface area contributed by atoms with E-state index in [4.69, 9.17) is 0 Å². The van der Waals surface area contributed by atoms with E-state index in [0.717, 1.165) is 25.9 Å². The Labute approximate surface area is 131 Å². The van der Waals surface area contributed by atoms with E-state index in [9.17, 15) is 14.9 Å². The number of likely N-dealkylation sites (tertiary alicyclic amines) is 1. The van der Waals surface area contributed by atoms with Gasteiger partial charge in [-0.1, -0.05) is 6.92 Å². The van der Waals surface area contributed by atoms with Gasteiger partial charge < -0.3 is 10.2 Å². The highest BCUT2D eigenvalue weighted by Crippen LogP contribution is 2.31. The number of nitrogens with zero attached hydrogens (tertiary/aromatic N) is 2. The molecule has 0 aliphatic carbocycles. The Morgan fingerprint density at radius 1 is 1.52 bits per heavy atom. The molecule has 114 valence electrons. The number of amides is 2. The third kappa shape index (κ3) is 3.72. The van der Waals surface area contributed by atoms with Crippen molar-refractivity contribution in [1.29, 1.82) is 0 Å². The topological polar surface area (TPSA) is 75.5 Å². The second-order valence-corrected chi connectivity index (χ2v) is 6.35. The van der Waals surface area contributed by atoms with E-state index in [-0.39, 0.29) is 11.7 Å². The van der Waals surface area contributed by atoms with Gasteiger partial charge in [0.15, 0.2) is 0 Å². The lowest BCUT2D eigenvalue weighted by atomic mass is 10.0. The van der Waals surface area contributed by atoms with Crippen LogP contribution in [0.5, 0.6) is 0 Å². The number of piperidine rings is 1. The summed E-state index contributed by atoms with van der Waals surface area (Å²) in [6.45, 7) is 5.23. The van der Waals surface area contributed by atoms with Crippen LogP contribution >= 0.6 is 15.9 Å². The lowest BCUT2D eigenvalue weighted by molar-refractivity contribution is -0.385. The van der Waals surface area contributed by atoms with Crippen molar-refractivity contribution >= 4 is 33.3 Å². The summed E-state index contributed by atoms with van der Waals surface area (Å²) in [4.78, 5) is 24.6. The molecule has 1 aromatic carbocycles. The van der Waals surface area contributed by atoms with Gasteiger partial charge in [0.2, 0.25) is 0 Å². The molecule has 2 amide bonds. The van der Waals surface area contributed by atoms with Gasteiger partial charge in [0, 0.05) is 29.2 Å². The van der Waals surface area contributed by atoms with Gasteiger partial charge in [-0.2, -0.15) is 0 Å². The fraction of sp³-hybridized carbons (Fsp3) is 0.500. The monoisotopic (exact) mass is 355 g/mol. The van der Waals surface area contributed by atoms with E-state index in [2.05, 4.69) is 28.2 Å². The Balaban J connectivity index is 2.17. The molecule has 7 heteroatoms. The highest BCUT2D eigenvalue weighted by molar-refractivity contribution is 9.10. The summed E-state index contributed by atoms with van der Waals surface area (Å²) < 4.78 is 0.643. The van der Waals surface area contributed by atoms with Gasteiger partial charge in [-0.15, -0.1) is 0 Å². The number of aryl methyl sites for hydroxylation is 1. The molecule has 0 radical (unpaired) electrons. The van der Waals surface area contributed by atoms with Gasteiger partial charge in [0.1, 0.15) is 0 Å². The zero-order valence-corrected chi connectivity index (χ0v) is 13.6. The molecule has 0 bridgehead atoms. The number of urea groups is 1. The Kier molecular flexibility index (Phi) is 4.82.